The number of ether oxygens (including phenoxy) is 1. The molecule has 2 heterocycles. The van der Waals surface area contributed by atoms with Gasteiger partial charge in [0.1, 0.15) is 16.1 Å². The summed E-state index contributed by atoms with van der Waals surface area (Å²) in [6.07, 6.45) is 0. The van der Waals surface area contributed by atoms with Crippen molar-refractivity contribution in [3.63, 3.8) is 0 Å². The largest absolute Gasteiger partial charge is 0.494 e. The van der Waals surface area contributed by atoms with Crippen molar-refractivity contribution in [2.24, 2.45) is 0 Å². The molecular weight excluding hydrogens is 485 g/mol. The molecule has 0 fully saturated rings. The standard InChI is InChI=1S/C19H15N3O2S3.C6H15N/c1-2-24-14-10-8-13(9-11-14)21-16-15(27-19(21)26)17(23)22(18(25)20-16)12-6-4-3-5-7-12;1-4-7(5-2)6-3/h3-11H,2H2,1H3,(H,20,25);4-6H2,1-3H3. The highest BCUT2D eigenvalue weighted by atomic mass is 32.1. The lowest BCUT2D eigenvalue weighted by molar-refractivity contribution is 0.321. The van der Waals surface area contributed by atoms with Crippen LogP contribution < -0.4 is 10.3 Å². The van der Waals surface area contributed by atoms with Crippen molar-refractivity contribution in [1.29, 1.82) is 0 Å². The number of rotatable bonds is 7. The fourth-order valence-corrected chi connectivity index (χ4v) is 5.17. The molecule has 0 aliphatic rings. The summed E-state index contributed by atoms with van der Waals surface area (Å²) in [7, 11) is 0. The second-order valence-electron chi connectivity index (χ2n) is 7.33. The highest BCUT2D eigenvalue weighted by Gasteiger charge is 2.15. The van der Waals surface area contributed by atoms with Gasteiger partial charge in [0.05, 0.1) is 12.3 Å². The van der Waals surface area contributed by atoms with Gasteiger partial charge in [0.25, 0.3) is 5.56 Å². The van der Waals surface area contributed by atoms with Crippen molar-refractivity contribution in [2.45, 2.75) is 27.7 Å². The van der Waals surface area contributed by atoms with Gasteiger partial charge in [-0.3, -0.25) is 13.9 Å². The third-order valence-corrected chi connectivity index (χ3v) is 7.04. The normalized spacial score (nSPS) is 10.9. The second kappa shape index (κ2) is 12.2. The summed E-state index contributed by atoms with van der Waals surface area (Å²) < 4.78 is 10.2. The van der Waals surface area contributed by atoms with Crippen LogP contribution in [-0.4, -0.2) is 45.3 Å². The zero-order valence-corrected chi connectivity index (χ0v) is 22.4. The summed E-state index contributed by atoms with van der Waals surface area (Å²) in [5, 5.41) is 0. The van der Waals surface area contributed by atoms with Gasteiger partial charge in [-0.05, 0) is 87.4 Å². The molecule has 34 heavy (non-hydrogen) atoms. The molecule has 0 radical (unpaired) electrons. The number of aromatic amines is 1. The molecule has 9 heteroatoms. The van der Waals surface area contributed by atoms with Crippen molar-refractivity contribution in [3.05, 3.63) is 73.7 Å². The fraction of sp³-hybridized carbons (Fsp3) is 0.320. The topological polar surface area (TPSA) is 55.2 Å². The third kappa shape index (κ3) is 5.72. The Bertz CT molecular complexity index is 1380. The number of hydrogen-bond donors (Lipinski definition) is 1. The maximum atomic E-state index is 13.1. The lowest BCUT2D eigenvalue weighted by Gasteiger charge is -2.13. The maximum Gasteiger partial charge on any atom is 0.278 e. The van der Waals surface area contributed by atoms with Gasteiger partial charge in [0.15, 0.2) is 8.73 Å². The molecule has 180 valence electrons. The minimum atomic E-state index is -0.180. The van der Waals surface area contributed by atoms with E-state index < -0.39 is 0 Å². The zero-order valence-electron chi connectivity index (χ0n) is 19.9. The predicted octanol–water partition coefficient (Wildman–Crippen LogP) is 6.38. The number of benzene rings is 2. The molecule has 4 rings (SSSR count). The summed E-state index contributed by atoms with van der Waals surface area (Å²) in [5.41, 5.74) is 1.99. The number of fused-ring (bicyclic) bond motifs is 1. The molecule has 0 unspecified atom stereocenters. The van der Waals surface area contributed by atoms with Crippen LogP contribution in [-0.2, 0) is 0 Å². The smallest absolute Gasteiger partial charge is 0.278 e. The number of para-hydroxylation sites is 1. The highest BCUT2D eigenvalue weighted by Crippen LogP contribution is 2.25. The average Bonchev–Trinajstić information content (AvgIpc) is 3.18. The molecule has 6 nitrogen and oxygen atoms in total. The van der Waals surface area contributed by atoms with E-state index >= 15 is 0 Å². The quantitative estimate of drug-likeness (QED) is 0.290. The van der Waals surface area contributed by atoms with Crippen molar-refractivity contribution in [1.82, 2.24) is 19.0 Å². The number of hydrogen-bond acceptors (Lipinski definition) is 6. The maximum absolute atomic E-state index is 13.1. The molecule has 0 saturated carbocycles. The number of thiazole rings is 1. The third-order valence-electron chi connectivity index (χ3n) is 5.40. The van der Waals surface area contributed by atoms with Gasteiger partial charge >= 0.3 is 0 Å². The fourth-order valence-electron chi connectivity index (χ4n) is 3.56. The first kappa shape index (κ1) is 26.0. The van der Waals surface area contributed by atoms with E-state index in [1.807, 2.05) is 66.1 Å². The van der Waals surface area contributed by atoms with E-state index in [0.717, 1.165) is 17.1 Å². The van der Waals surface area contributed by atoms with Crippen LogP contribution in [0.15, 0.2) is 59.4 Å². The molecule has 2 aromatic carbocycles. The van der Waals surface area contributed by atoms with E-state index in [0.29, 0.717) is 25.7 Å². The van der Waals surface area contributed by atoms with Gasteiger partial charge in [-0.25, -0.2) is 0 Å². The monoisotopic (exact) mass is 514 g/mol. The van der Waals surface area contributed by atoms with Gasteiger partial charge in [-0.2, -0.15) is 0 Å². The van der Waals surface area contributed by atoms with E-state index in [1.54, 1.807) is 0 Å². The van der Waals surface area contributed by atoms with Crippen molar-refractivity contribution in [3.8, 4) is 17.1 Å². The molecule has 0 amide bonds. The van der Waals surface area contributed by atoms with E-state index in [9.17, 15) is 4.79 Å². The van der Waals surface area contributed by atoms with Crippen LogP contribution in [0.25, 0.3) is 21.7 Å². The Morgan fingerprint density at radius 2 is 1.47 bits per heavy atom. The Labute approximate surface area is 214 Å². The minimum Gasteiger partial charge on any atom is -0.494 e. The van der Waals surface area contributed by atoms with Gasteiger partial charge in [0.2, 0.25) is 0 Å². The van der Waals surface area contributed by atoms with Crippen LogP contribution in [0.3, 0.4) is 0 Å². The molecule has 0 aliphatic carbocycles. The summed E-state index contributed by atoms with van der Waals surface area (Å²) in [5.74, 6) is 0.784. The van der Waals surface area contributed by atoms with Crippen LogP contribution in [0, 0.1) is 8.73 Å². The number of nitrogens with zero attached hydrogens (tertiary/aromatic N) is 3. The first-order valence-corrected chi connectivity index (χ1v) is 13.0. The summed E-state index contributed by atoms with van der Waals surface area (Å²) in [6, 6.07) is 16.9. The van der Waals surface area contributed by atoms with Crippen LogP contribution >= 0.6 is 35.8 Å². The Balaban J connectivity index is 0.000000406. The van der Waals surface area contributed by atoms with Gasteiger partial charge in [0, 0.05) is 5.69 Å². The van der Waals surface area contributed by atoms with E-state index in [-0.39, 0.29) is 5.56 Å². The zero-order chi connectivity index (χ0) is 24.7. The van der Waals surface area contributed by atoms with Crippen molar-refractivity contribution < 1.29 is 4.74 Å². The van der Waals surface area contributed by atoms with Crippen LogP contribution in [0.5, 0.6) is 5.75 Å². The molecule has 0 spiro atoms. The SMILES string of the molecule is CCN(CC)CC.CCOc1ccc(-n2c(=S)sc3c(=O)n(-c4ccccc4)c(=S)[nH]c32)cc1. The van der Waals surface area contributed by atoms with Crippen molar-refractivity contribution >= 4 is 46.1 Å². The van der Waals surface area contributed by atoms with Crippen molar-refractivity contribution in [2.75, 3.05) is 26.2 Å². The molecule has 4 aromatic rings. The minimum absolute atomic E-state index is 0.180. The second-order valence-corrected chi connectivity index (χ2v) is 9.36. The Kier molecular flexibility index (Phi) is 9.35. The first-order chi connectivity index (χ1) is 16.4. The molecule has 0 bridgehead atoms. The van der Waals surface area contributed by atoms with Crippen LogP contribution in [0.1, 0.15) is 27.7 Å². The molecule has 1 N–H and O–H groups in total. The Morgan fingerprint density at radius 3 is 2.00 bits per heavy atom. The molecule has 0 saturated heterocycles. The Morgan fingerprint density at radius 1 is 0.882 bits per heavy atom. The predicted molar refractivity (Wildman–Crippen MR) is 147 cm³/mol. The molecular formula is C25H30N4O2S3. The molecule has 2 aromatic heterocycles. The number of H-pyrrole nitrogens is 1. The lowest BCUT2D eigenvalue weighted by Crippen LogP contribution is -2.21. The van der Waals surface area contributed by atoms with E-state index in [4.69, 9.17) is 29.2 Å². The summed E-state index contributed by atoms with van der Waals surface area (Å²) >= 11 is 12.3. The molecule has 0 atom stereocenters. The molecule has 0 aliphatic heterocycles. The first-order valence-electron chi connectivity index (χ1n) is 11.4. The highest BCUT2D eigenvalue weighted by molar-refractivity contribution is 7.73. The summed E-state index contributed by atoms with van der Waals surface area (Å²) in [6.45, 7) is 12.7. The average molecular weight is 515 g/mol. The number of aromatic nitrogens is 3. The van der Waals surface area contributed by atoms with Gasteiger partial charge in [-0.15, -0.1) is 0 Å². The number of nitrogens with one attached hydrogen (secondary N) is 1. The Hall–Kier alpha value is -2.59. The van der Waals surface area contributed by atoms with E-state index in [1.165, 1.54) is 35.5 Å². The van der Waals surface area contributed by atoms with E-state index in [2.05, 4.69) is 30.7 Å². The summed E-state index contributed by atoms with van der Waals surface area (Å²) in [4.78, 5) is 18.6. The van der Waals surface area contributed by atoms with Crippen LogP contribution in [0.2, 0.25) is 0 Å². The lowest BCUT2D eigenvalue weighted by atomic mass is 10.3. The van der Waals surface area contributed by atoms with Crippen LogP contribution in [0.4, 0.5) is 0 Å². The van der Waals surface area contributed by atoms with Gasteiger partial charge in [-0.1, -0.05) is 50.3 Å². The van der Waals surface area contributed by atoms with Gasteiger partial charge < -0.3 is 14.6 Å².